The fraction of sp³-hybridized carbons (Fsp3) is 0.500. The summed E-state index contributed by atoms with van der Waals surface area (Å²) in [6.07, 6.45) is 7.50. The van der Waals surface area contributed by atoms with E-state index in [-0.39, 0.29) is 0 Å². The lowest BCUT2D eigenvalue weighted by molar-refractivity contribution is 0.928. The van der Waals surface area contributed by atoms with Crippen LogP contribution in [0.2, 0.25) is 0 Å². The summed E-state index contributed by atoms with van der Waals surface area (Å²) in [5, 5.41) is 0. The van der Waals surface area contributed by atoms with Crippen LogP contribution in [0.15, 0.2) is 6.08 Å². The van der Waals surface area contributed by atoms with Crippen LogP contribution in [0.1, 0.15) is 12.8 Å². The van der Waals surface area contributed by atoms with Crippen molar-refractivity contribution in [3.05, 3.63) is 12.2 Å². The summed E-state index contributed by atoms with van der Waals surface area (Å²) in [4.78, 5) is 0. The molecule has 0 unspecified atom stereocenters. The normalized spacial score (nSPS) is 20.0. The van der Waals surface area contributed by atoms with Gasteiger partial charge in [0.25, 0.3) is 0 Å². The predicted molar refractivity (Wildman–Crippen MR) is 17.0 cm³/mol. The average Bonchev–Trinajstić information content (AvgIpc) is 0.722. The van der Waals surface area contributed by atoms with Crippen molar-refractivity contribution < 1.29 is 0 Å². The van der Waals surface area contributed by atoms with E-state index in [0.717, 1.165) is 0 Å². The minimum Gasteiger partial charge on any atom is -0.0807 e. The molecule has 4 heavy (non-hydrogen) atoms. The summed E-state index contributed by atoms with van der Waals surface area (Å²) >= 11 is 0. The van der Waals surface area contributed by atoms with Crippen molar-refractivity contribution in [2.45, 2.75) is 12.8 Å². The first-order chi connectivity index (χ1) is 2.00. The van der Waals surface area contributed by atoms with Gasteiger partial charge in [-0.1, -0.05) is 6.08 Å². The van der Waals surface area contributed by atoms with Crippen molar-refractivity contribution in [1.82, 2.24) is 0 Å². The van der Waals surface area contributed by atoms with Gasteiger partial charge < -0.3 is 0 Å². The second-order valence-electron chi connectivity index (χ2n) is 0.947. The van der Waals surface area contributed by atoms with Gasteiger partial charge in [-0.2, -0.15) is 0 Å². The van der Waals surface area contributed by atoms with Crippen molar-refractivity contribution in [3.63, 3.8) is 0 Å². The molecule has 1 aliphatic rings. The Morgan fingerprint density at radius 1 is 1.75 bits per heavy atom. The molecule has 0 N–H and O–H groups in total. The lowest BCUT2D eigenvalue weighted by atomic mass is 10.1. The van der Waals surface area contributed by atoms with Crippen LogP contribution in [0.25, 0.3) is 0 Å². The predicted octanol–water partition coefficient (Wildman–Crippen LogP) is 1.14. The van der Waals surface area contributed by atoms with E-state index in [4.69, 9.17) is 0 Å². The molecule has 0 spiro atoms. The number of hydrogen-bond donors (Lipinski definition) is 0. The van der Waals surface area contributed by atoms with Gasteiger partial charge in [0.05, 0.1) is 0 Å². The van der Waals surface area contributed by atoms with E-state index in [9.17, 15) is 0 Å². The molecule has 0 atom stereocenters. The van der Waals surface area contributed by atoms with Gasteiger partial charge in [-0.05, 0) is 18.9 Å². The standard InChI is InChI=1S/C4H5/c1-2-4-3-1/h1H,2,4H2. The van der Waals surface area contributed by atoms with E-state index >= 15 is 0 Å². The summed E-state index contributed by atoms with van der Waals surface area (Å²) in [7, 11) is 0. The number of hydrogen-bond acceptors (Lipinski definition) is 0. The SMILES string of the molecule is [C]1=CCC1. The highest BCUT2D eigenvalue weighted by molar-refractivity contribution is 4.84. The zero-order valence-corrected chi connectivity index (χ0v) is 2.49. The summed E-state index contributed by atoms with van der Waals surface area (Å²) in [5.41, 5.74) is 0. The second kappa shape index (κ2) is 0.593. The van der Waals surface area contributed by atoms with Gasteiger partial charge in [0.1, 0.15) is 0 Å². The van der Waals surface area contributed by atoms with E-state index < -0.39 is 0 Å². The fourth-order valence-corrected chi connectivity index (χ4v) is 0.144. The second-order valence-corrected chi connectivity index (χ2v) is 0.947. The average molecular weight is 53.1 g/mol. The molecule has 21 valence electrons. The van der Waals surface area contributed by atoms with Crippen molar-refractivity contribution >= 4 is 0 Å². The molecule has 0 heteroatoms. The molecule has 0 aliphatic heterocycles. The highest BCUT2D eigenvalue weighted by atomic mass is 13.9. The monoisotopic (exact) mass is 53.0 g/mol. The topological polar surface area (TPSA) is 0 Å². The number of rotatable bonds is 0. The van der Waals surface area contributed by atoms with Crippen LogP contribution in [0.3, 0.4) is 0 Å². The van der Waals surface area contributed by atoms with Gasteiger partial charge in [0.15, 0.2) is 0 Å². The van der Waals surface area contributed by atoms with E-state index in [1.807, 2.05) is 0 Å². The molecular formula is C4H5. The third-order valence-corrected chi connectivity index (χ3v) is 0.577. The van der Waals surface area contributed by atoms with Crippen LogP contribution in [0.5, 0.6) is 0 Å². The lowest BCUT2D eigenvalue weighted by Crippen LogP contribution is -1.73. The Labute approximate surface area is 26.1 Å². The smallest absolute Gasteiger partial charge is 0.0244 e. The van der Waals surface area contributed by atoms with E-state index in [0.29, 0.717) is 0 Å². The molecule has 0 saturated carbocycles. The summed E-state index contributed by atoms with van der Waals surface area (Å²) < 4.78 is 0. The van der Waals surface area contributed by atoms with Crippen LogP contribution in [0.4, 0.5) is 0 Å². The molecule has 0 nitrogen and oxygen atoms in total. The Morgan fingerprint density at radius 2 is 2.00 bits per heavy atom. The maximum Gasteiger partial charge on any atom is -0.0244 e. The Balaban J connectivity index is 2.47. The van der Waals surface area contributed by atoms with Gasteiger partial charge in [-0.25, -0.2) is 0 Å². The highest BCUT2D eigenvalue weighted by Crippen LogP contribution is 2.00. The van der Waals surface area contributed by atoms with Crippen LogP contribution < -0.4 is 0 Å². The minimum absolute atomic E-state index is 1.19. The van der Waals surface area contributed by atoms with Gasteiger partial charge >= 0.3 is 0 Å². The van der Waals surface area contributed by atoms with Gasteiger partial charge in [0, 0.05) is 0 Å². The Morgan fingerprint density at radius 3 is 2.00 bits per heavy atom. The third kappa shape index (κ3) is 0.0681. The van der Waals surface area contributed by atoms with Gasteiger partial charge in [-0.15, -0.1) is 0 Å². The molecule has 0 amide bonds. The highest BCUT2D eigenvalue weighted by Gasteiger charge is 1.82. The molecule has 0 bridgehead atoms. The molecule has 0 aromatic rings. The largest absolute Gasteiger partial charge is 0.0807 e. The maximum absolute atomic E-state index is 2.99. The van der Waals surface area contributed by atoms with Crippen molar-refractivity contribution in [2.75, 3.05) is 0 Å². The molecule has 0 heterocycles. The van der Waals surface area contributed by atoms with Crippen LogP contribution >= 0.6 is 0 Å². The molecule has 0 aromatic heterocycles. The van der Waals surface area contributed by atoms with Crippen LogP contribution in [-0.2, 0) is 0 Å². The van der Waals surface area contributed by atoms with E-state index in [2.05, 4.69) is 12.2 Å². The Kier molecular flexibility index (Phi) is 0.298. The Hall–Kier alpha value is -0.260. The third-order valence-electron chi connectivity index (χ3n) is 0.577. The summed E-state index contributed by atoms with van der Waals surface area (Å²) in [6.45, 7) is 0. The number of allylic oxidation sites excluding steroid dienone is 2. The van der Waals surface area contributed by atoms with Crippen molar-refractivity contribution in [3.8, 4) is 0 Å². The van der Waals surface area contributed by atoms with E-state index in [1.165, 1.54) is 12.8 Å². The van der Waals surface area contributed by atoms with Crippen molar-refractivity contribution in [1.29, 1.82) is 0 Å². The fourth-order valence-electron chi connectivity index (χ4n) is 0.144. The molecule has 1 aliphatic carbocycles. The van der Waals surface area contributed by atoms with Gasteiger partial charge in [0.2, 0.25) is 0 Å². The Bertz CT molecular complexity index is 29.3. The molecule has 0 fully saturated rings. The van der Waals surface area contributed by atoms with Crippen molar-refractivity contribution in [2.24, 2.45) is 0 Å². The molecule has 1 rings (SSSR count). The minimum atomic E-state index is 1.19. The van der Waals surface area contributed by atoms with Gasteiger partial charge in [-0.3, -0.25) is 0 Å². The maximum atomic E-state index is 2.99. The molecule has 1 radical (unpaired) electrons. The first-order valence-corrected chi connectivity index (χ1v) is 1.55. The van der Waals surface area contributed by atoms with Crippen LogP contribution in [-0.4, -0.2) is 0 Å². The molecule has 0 aromatic carbocycles. The summed E-state index contributed by atoms with van der Waals surface area (Å²) in [6, 6.07) is 0. The summed E-state index contributed by atoms with van der Waals surface area (Å²) in [5.74, 6) is 0. The first-order valence-electron chi connectivity index (χ1n) is 1.55. The molecule has 0 saturated heterocycles. The zero-order chi connectivity index (χ0) is 2.83. The van der Waals surface area contributed by atoms with Crippen LogP contribution in [0, 0.1) is 6.08 Å². The quantitative estimate of drug-likeness (QED) is 0.388. The van der Waals surface area contributed by atoms with E-state index in [1.54, 1.807) is 0 Å². The lowest BCUT2D eigenvalue weighted by Gasteiger charge is -1.91. The molecular weight excluding hydrogens is 48.0 g/mol. The first kappa shape index (κ1) is 2.01. The zero-order valence-electron chi connectivity index (χ0n) is 2.49.